The maximum atomic E-state index is 12.4. The van der Waals surface area contributed by atoms with Gasteiger partial charge in [-0.1, -0.05) is 31.2 Å². The second kappa shape index (κ2) is 7.72. The van der Waals surface area contributed by atoms with E-state index < -0.39 is 0 Å². The van der Waals surface area contributed by atoms with Gasteiger partial charge in [-0.2, -0.15) is 5.10 Å². The molecule has 5 nitrogen and oxygen atoms in total. The number of benzene rings is 2. The van der Waals surface area contributed by atoms with E-state index in [2.05, 4.69) is 36.5 Å². The lowest BCUT2D eigenvalue weighted by atomic mass is 10.0. The number of aryl methyl sites for hydroxylation is 2. The van der Waals surface area contributed by atoms with E-state index in [1.54, 1.807) is 18.9 Å². The predicted octanol–water partition coefficient (Wildman–Crippen LogP) is 4.53. The topological polar surface area (TPSA) is 56.2 Å². The molecule has 0 radical (unpaired) electrons. The summed E-state index contributed by atoms with van der Waals surface area (Å²) in [5.74, 6) is 1.94. The van der Waals surface area contributed by atoms with Crippen molar-refractivity contribution in [3.8, 4) is 11.4 Å². The fraction of sp³-hybridized carbons (Fsp3) is 0.273. The molecule has 1 amide bonds. The first kappa shape index (κ1) is 18.6. The summed E-state index contributed by atoms with van der Waals surface area (Å²) in [5.41, 5.74) is 5.37. The summed E-state index contributed by atoms with van der Waals surface area (Å²) in [5, 5.41) is 7.88. The molecule has 1 atom stereocenters. The van der Waals surface area contributed by atoms with Crippen LogP contribution in [-0.4, -0.2) is 28.6 Å². The lowest BCUT2D eigenvalue weighted by molar-refractivity contribution is -0.113. The Balaban J connectivity index is 1.82. The van der Waals surface area contributed by atoms with Gasteiger partial charge in [0, 0.05) is 5.56 Å². The molecule has 0 saturated carbocycles. The largest absolute Gasteiger partial charge is 0.497 e. The lowest BCUT2D eigenvalue weighted by Crippen LogP contribution is -2.15. The van der Waals surface area contributed by atoms with E-state index in [1.807, 2.05) is 35.9 Å². The molecule has 1 aliphatic heterocycles. The molecule has 1 N–H and O–H groups in total. The third-order valence-corrected chi connectivity index (χ3v) is 6.29. The minimum atomic E-state index is -0.00594. The number of methoxy groups -OCH3 is 1. The number of nitrogens with zero attached hydrogens (tertiary/aromatic N) is 2. The number of carbonyl (C=O) groups excluding carboxylic acids is 1. The first-order valence-corrected chi connectivity index (χ1v) is 10.4. The number of hydrogen-bond acceptors (Lipinski definition) is 4. The van der Waals surface area contributed by atoms with Crippen LogP contribution < -0.4 is 10.1 Å². The second-order valence-electron chi connectivity index (χ2n) is 6.79. The number of ether oxygens (including phenoxy) is 1. The summed E-state index contributed by atoms with van der Waals surface area (Å²) >= 11 is 1.64. The number of amides is 1. The van der Waals surface area contributed by atoms with Gasteiger partial charge in [0.15, 0.2) is 0 Å². The third kappa shape index (κ3) is 3.40. The van der Waals surface area contributed by atoms with Gasteiger partial charge >= 0.3 is 0 Å². The highest BCUT2D eigenvalue weighted by Crippen LogP contribution is 2.43. The van der Waals surface area contributed by atoms with Crippen molar-refractivity contribution in [3.63, 3.8) is 0 Å². The lowest BCUT2D eigenvalue weighted by Gasteiger charge is -2.16. The molecule has 0 spiro atoms. The van der Waals surface area contributed by atoms with Crippen molar-refractivity contribution in [3.05, 3.63) is 70.9 Å². The Morgan fingerprint density at radius 3 is 2.54 bits per heavy atom. The smallest absolute Gasteiger partial charge is 0.235 e. The van der Waals surface area contributed by atoms with Gasteiger partial charge in [0.25, 0.3) is 0 Å². The number of nitrogens with one attached hydrogen (secondary N) is 1. The van der Waals surface area contributed by atoms with Gasteiger partial charge in [-0.25, -0.2) is 4.68 Å². The summed E-state index contributed by atoms with van der Waals surface area (Å²) < 4.78 is 7.07. The fourth-order valence-corrected chi connectivity index (χ4v) is 4.67. The van der Waals surface area contributed by atoms with E-state index >= 15 is 0 Å². The maximum Gasteiger partial charge on any atom is 0.235 e. The minimum Gasteiger partial charge on any atom is -0.497 e. The Morgan fingerprint density at radius 2 is 1.89 bits per heavy atom. The van der Waals surface area contributed by atoms with Gasteiger partial charge in [0.2, 0.25) is 5.91 Å². The van der Waals surface area contributed by atoms with Gasteiger partial charge in [0.05, 0.1) is 29.5 Å². The zero-order chi connectivity index (χ0) is 19.7. The van der Waals surface area contributed by atoms with Crippen LogP contribution in [0.25, 0.3) is 5.69 Å². The minimum absolute atomic E-state index is 0.00594. The molecular weight excluding hydrogens is 370 g/mol. The van der Waals surface area contributed by atoms with E-state index in [1.165, 1.54) is 11.1 Å². The molecule has 0 bridgehead atoms. The van der Waals surface area contributed by atoms with Crippen LogP contribution in [0.15, 0.2) is 48.5 Å². The van der Waals surface area contributed by atoms with E-state index in [0.717, 1.165) is 34.9 Å². The predicted molar refractivity (Wildman–Crippen MR) is 114 cm³/mol. The highest BCUT2D eigenvalue weighted by molar-refractivity contribution is 8.00. The number of rotatable bonds is 4. The van der Waals surface area contributed by atoms with Crippen molar-refractivity contribution in [1.82, 2.24) is 9.78 Å². The molecule has 6 heteroatoms. The molecule has 144 valence electrons. The van der Waals surface area contributed by atoms with Crippen LogP contribution in [0.3, 0.4) is 0 Å². The summed E-state index contributed by atoms with van der Waals surface area (Å²) in [6, 6.07) is 16.3. The number of thioether (sulfide) groups is 1. The van der Waals surface area contributed by atoms with Gasteiger partial charge < -0.3 is 10.1 Å². The number of hydrogen-bond donors (Lipinski definition) is 1. The molecule has 0 fully saturated rings. The third-order valence-electron chi connectivity index (χ3n) is 5.02. The van der Waals surface area contributed by atoms with Crippen LogP contribution in [0.1, 0.15) is 34.6 Å². The summed E-state index contributed by atoms with van der Waals surface area (Å²) in [4.78, 5) is 12.4. The van der Waals surface area contributed by atoms with Crippen molar-refractivity contribution < 1.29 is 9.53 Å². The first-order chi connectivity index (χ1) is 13.6. The molecule has 1 aliphatic rings. The van der Waals surface area contributed by atoms with Crippen LogP contribution >= 0.6 is 11.8 Å². The second-order valence-corrected chi connectivity index (χ2v) is 7.89. The van der Waals surface area contributed by atoms with Gasteiger partial charge in [-0.3, -0.25) is 4.79 Å². The molecule has 2 aromatic carbocycles. The average molecular weight is 394 g/mol. The SMILES string of the molecule is CCc1ccc([C@H]2SCC(=O)Nc3c2c(C)nn3-c2ccc(OC)cc2)cc1. The first-order valence-electron chi connectivity index (χ1n) is 9.35. The van der Waals surface area contributed by atoms with E-state index in [-0.39, 0.29) is 11.2 Å². The molecule has 3 aromatic rings. The quantitative estimate of drug-likeness (QED) is 0.708. The van der Waals surface area contributed by atoms with Crippen molar-refractivity contribution in [1.29, 1.82) is 0 Å². The highest BCUT2D eigenvalue weighted by Gasteiger charge is 2.30. The van der Waals surface area contributed by atoms with E-state index in [0.29, 0.717) is 5.75 Å². The number of aromatic nitrogens is 2. The molecule has 0 saturated heterocycles. The van der Waals surface area contributed by atoms with Gasteiger partial charge in [-0.15, -0.1) is 11.8 Å². The Bertz CT molecular complexity index is 994. The molecule has 2 heterocycles. The molecule has 0 aliphatic carbocycles. The standard InChI is InChI=1S/C22H23N3O2S/c1-4-15-5-7-16(8-6-15)21-20-14(2)24-25(22(20)23-19(26)13-28-21)17-9-11-18(27-3)12-10-17/h5-12,21H,4,13H2,1-3H3,(H,23,26)/t21-/m1/s1. The van der Waals surface area contributed by atoms with E-state index in [4.69, 9.17) is 9.84 Å². The van der Waals surface area contributed by atoms with Gasteiger partial charge in [0.1, 0.15) is 11.6 Å². The fourth-order valence-electron chi connectivity index (χ4n) is 3.49. The normalized spacial score (nSPS) is 16.2. The molecular formula is C22H23N3O2S. The van der Waals surface area contributed by atoms with Crippen molar-refractivity contribution in [2.75, 3.05) is 18.2 Å². The number of fused-ring (bicyclic) bond motifs is 1. The van der Waals surface area contributed by atoms with Crippen molar-refractivity contribution >= 4 is 23.5 Å². The summed E-state index contributed by atoms with van der Waals surface area (Å²) in [6.45, 7) is 4.16. The molecule has 28 heavy (non-hydrogen) atoms. The van der Waals surface area contributed by atoms with Crippen LogP contribution in [-0.2, 0) is 11.2 Å². The summed E-state index contributed by atoms with van der Waals surface area (Å²) in [6.07, 6.45) is 1.01. The Kier molecular flexibility index (Phi) is 5.13. The molecule has 0 unspecified atom stereocenters. The van der Waals surface area contributed by atoms with Crippen LogP contribution in [0.5, 0.6) is 5.75 Å². The molecule has 1 aromatic heterocycles. The van der Waals surface area contributed by atoms with Crippen molar-refractivity contribution in [2.24, 2.45) is 0 Å². The zero-order valence-electron chi connectivity index (χ0n) is 16.2. The molecule has 4 rings (SSSR count). The Labute approximate surface area is 169 Å². The Morgan fingerprint density at radius 1 is 1.18 bits per heavy atom. The average Bonchev–Trinajstić information content (AvgIpc) is 2.93. The summed E-state index contributed by atoms with van der Waals surface area (Å²) in [7, 11) is 1.64. The maximum absolute atomic E-state index is 12.4. The van der Waals surface area contributed by atoms with Crippen LogP contribution in [0, 0.1) is 6.92 Å². The number of anilines is 1. The van der Waals surface area contributed by atoms with Crippen LogP contribution in [0.2, 0.25) is 0 Å². The van der Waals surface area contributed by atoms with Crippen molar-refractivity contribution in [2.45, 2.75) is 25.5 Å². The number of carbonyl (C=O) groups is 1. The van der Waals surface area contributed by atoms with Gasteiger partial charge in [-0.05, 0) is 48.7 Å². The highest BCUT2D eigenvalue weighted by atomic mass is 32.2. The zero-order valence-corrected chi connectivity index (χ0v) is 17.0. The Hall–Kier alpha value is -2.73. The monoisotopic (exact) mass is 393 g/mol. The van der Waals surface area contributed by atoms with E-state index in [9.17, 15) is 4.79 Å². The van der Waals surface area contributed by atoms with Crippen LogP contribution in [0.4, 0.5) is 5.82 Å².